The van der Waals surface area contributed by atoms with Crippen LogP contribution in [0.3, 0.4) is 0 Å². The van der Waals surface area contributed by atoms with Crippen LogP contribution in [0.1, 0.15) is 110 Å². The smallest absolute Gasteiger partial charge is 0.266 e. The molecule has 0 saturated carbocycles. The average Bonchev–Trinajstić information content (AvgIpc) is 3.85. The Morgan fingerprint density at radius 2 is 1.25 bits per heavy atom. The van der Waals surface area contributed by atoms with Crippen molar-refractivity contribution in [3.63, 3.8) is 0 Å². The molecule has 0 saturated heterocycles. The van der Waals surface area contributed by atoms with Gasteiger partial charge in [0.05, 0.1) is 44.1 Å². The average molecular weight is 712 g/mol. The molecule has 4 heterocycles. The number of methoxy groups -OCH3 is 2. The van der Waals surface area contributed by atoms with Gasteiger partial charge in [-0.1, -0.05) is 81.4 Å². The van der Waals surface area contributed by atoms with E-state index >= 15 is 0 Å². The molecular weight excluding hydrogens is 654 g/mol. The van der Waals surface area contributed by atoms with E-state index < -0.39 is 0 Å². The van der Waals surface area contributed by atoms with Gasteiger partial charge in [-0.2, -0.15) is 0 Å². The predicted molar refractivity (Wildman–Crippen MR) is 207 cm³/mol. The summed E-state index contributed by atoms with van der Waals surface area (Å²) in [7, 11) is 3.25. The fourth-order valence-electron chi connectivity index (χ4n) is 7.83. The van der Waals surface area contributed by atoms with Crippen LogP contribution in [0.4, 0.5) is 0 Å². The predicted octanol–water partition coefficient (Wildman–Crippen LogP) is 9.46. The molecular formula is C43H57N3O6. The summed E-state index contributed by atoms with van der Waals surface area (Å²) in [6.45, 7) is 28.3. The number of nitrogens with zero attached hydrogens (tertiary/aromatic N) is 3. The summed E-state index contributed by atoms with van der Waals surface area (Å²) in [5.74, 6) is 3.62. The van der Waals surface area contributed by atoms with Crippen LogP contribution in [0.25, 0.3) is 11.5 Å². The van der Waals surface area contributed by atoms with Crippen molar-refractivity contribution in [2.45, 2.75) is 88.6 Å². The van der Waals surface area contributed by atoms with E-state index in [1.807, 2.05) is 24.3 Å². The van der Waals surface area contributed by atoms with E-state index in [0.717, 1.165) is 34.0 Å². The van der Waals surface area contributed by atoms with Gasteiger partial charge in [0.1, 0.15) is 36.0 Å². The first kappa shape index (κ1) is 38.7. The summed E-state index contributed by atoms with van der Waals surface area (Å²) in [5, 5.41) is 0. The lowest BCUT2D eigenvalue weighted by Crippen LogP contribution is -2.24. The second-order valence-corrected chi connectivity index (χ2v) is 17.9. The topological polar surface area (TPSA) is 93.4 Å². The number of hydrogen-bond donors (Lipinski definition) is 0. The minimum absolute atomic E-state index is 0.0160. The summed E-state index contributed by atoms with van der Waals surface area (Å²) < 4.78 is 30.6. The molecule has 3 aromatic rings. The third kappa shape index (κ3) is 7.79. The molecule has 0 unspecified atom stereocenters. The van der Waals surface area contributed by atoms with Crippen molar-refractivity contribution in [3.8, 4) is 11.5 Å². The number of hydrogen-bond acceptors (Lipinski definition) is 8. The summed E-state index contributed by atoms with van der Waals surface area (Å²) in [6, 6.07) is 11.7. The van der Waals surface area contributed by atoms with Gasteiger partial charge in [-0.25, -0.2) is 9.98 Å². The Balaban J connectivity index is 0.000000201. The fraction of sp³-hybridized carbons (Fsp3) is 0.512. The fourth-order valence-corrected chi connectivity index (χ4v) is 7.83. The molecule has 9 nitrogen and oxygen atoms in total. The first-order chi connectivity index (χ1) is 24.1. The van der Waals surface area contributed by atoms with Crippen LogP contribution in [0.2, 0.25) is 0 Å². The highest BCUT2D eigenvalue weighted by molar-refractivity contribution is 5.99. The monoisotopic (exact) mass is 711 g/mol. The second kappa shape index (κ2) is 13.8. The number of imidazole rings is 1. The Hall–Kier alpha value is -4.53. The highest BCUT2D eigenvalue weighted by Gasteiger charge is 2.42. The zero-order chi connectivity index (χ0) is 38.4. The number of carbonyl (C=O) groups is 1. The van der Waals surface area contributed by atoms with Crippen molar-refractivity contribution < 1.29 is 28.5 Å². The zero-order valence-electron chi connectivity index (χ0n) is 33.6. The highest BCUT2D eigenvalue weighted by atomic mass is 16.5. The number of rotatable bonds is 6. The summed E-state index contributed by atoms with van der Waals surface area (Å²) in [4.78, 5) is 21.3. The van der Waals surface area contributed by atoms with E-state index in [1.165, 1.54) is 22.0 Å². The van der Waals surface area contributed by atoms with Gasteiger partial charge in [0.15, 0.2) is 0 Å². The molecule has 2 aromatic carbocycles. The van der Waals surface area contributed by atoms with E-state index in [4.69, 9.17) is 23.7 Å². The molecule has 0 aliphatic carbocycles. The van der Waals surface area contributed by atoms with Gasteiger partial charge >= 0.3 is 0 Å². The van der Waals surface area contributed by atoms with Crippen LogP contribution < -0.4 is 9.47 Å². The molecule has 0 atom stereocenters. The lowest BCUT2D eigenvalue weighted by molar-refractivity contribution is 0.0956. The SMILES string of the molecule is COc1cc(C2=C(C(C)(C)C)C(C)(C)CO2)ccc1C(=O)n1ccnc1.COc1cc(C2=C(C(C)(C)C)C(C)(C)CO2)ccc1C1=NC(C)(C)CO1. The Morgan fingerprint density at radius 1 is 0.731 bits per heavy atom. The molecule has 0 amide bonds. The zero-order valence-corrected chi connectivity index (χ0v) is 33.6. The molecule has 3 aliphatic heterocycles. The van der Waals surface area contributed by atoms with Crippen LogP contribution in [0.15, 0.2) is 71.3 Å². The minimum Gasteiger partial charge on any atom is -0.496 e. The van der Waals surface area contributed by atoms with Crippen LogP contribution in [-0.2, 0) is 14.2 Å². The number of aromatic nitrogens is 2. The molecule has 3 aliphatic rings. The number of ether oxygens (including phenoxy) is 5. The Morgan fingerprint density at radius 3 is 1.69 bits per heavy atom. The van der Waals surface area contributed by atoms with Crippen molar-refractivity contribution in [2.75, 3.05) is 34.0 Å². The summed E-state index contributed by atoms with van der Waals surface area (Å²) in [5.41, 5.74) is 5.77. The minimum atomic E-state index is -0.195. The summed E-state index contributed by atoms with van der Waals surface area (Å²) in [6.07, 6.45) is 4.69. The number of aliphatic imine (C=N–C) groups is 1. The van der Waals surface area contributed by atoms with E-state index in [9.17, 15) is 4.79 Å². The van der Waals surface area contributed by atoms with Crippen LogP contribution in [-0.4, -0.2) is 60.9 Å². The largest absolute Gasteiger partial charge is 0.496 e. The van der Waals surface area contributed by atoms with Gasteiger partial charge in [0, 0.05) is 34.4 Å². The van der Waals surface area contributed by atoms with E-state index in [2.05, 4.69) is 99.1 Å². The maximum Gasteiger partial charge on any atom is 0.266 e. The lowest BCUT2D eigenvalue weighted by atomic mass is 9.71. The van der Waals surface area contributed by atoms with Crippen LogP contribution in [0.5, 0.6) is 11.5 Å². The Kier molecular flexibility index (Phi) is 10.3. The van der Waals surface area contributed by atoms with Crippen LogP contribution >= 0.6 is 0 Å². The molecule has 0 N–H and O–H groups in total. The quantitative estimate of drug-likeness (QED) is 0.252. The number of benzene rings is 2. The highest BCUT2D eigenvalue weighted by Crippen LogP contribution is 2.51. The van der Waals surface area contributed by atoms with Crippen LogP contribution in [0, 0.1) is 21.7 Å². The third-order valence-electron chi connectivity index (χ3n) is 9.56. The molecule has 0 radical (unpaired) electrons. The van der Waals surface area contributed by atoms with Gasteiger partial charge in [0.25, 0.3) is 5.91 Å². The molecule has 52 heavy (non-hydrogen) atoms. The van der Waals surface area contributed by atoms with Crippen molar-refractivity contribution in [1.29, 1.82) is 0 Å². The van der Waals surface area contributed by atoms with E-state index in [0.29, 0.717) is 37.0 Å². The molecule has 6 rings (SSSR count). The van der Waals surface area contributed by atoms with Crippen molar-refractivity contribution in [1.82, 2.24) is 9.55 Å². The first-order valence-corrected chi connectivity index (χ1v) is 18.0. The standard InChI is InChI=1S/C22H31NO3.C21H26N2O3/c1-20(2,3)18-17(25-12-21(18,4)5)14-9-10-15(16(11-14)24-8)19-23-22(6,7)13-26-19;1-20(2,3)18-17(26-12-21(18,4)5)14-7-8-15(16(11-14)25-6)19(24)23-10-9-22-13-23/h9-11H,12-13H2,1-8H3;7-11,13H,12H2,1-6H3. The maximum atomic E-state index is 12.6. The van der Waals surface area contributed by atoms with E-state index in [-0.39, 0.29) is 33.1 Å². The van der Waals surface area contributed by atoms with Crippen molar-refractivity contribution in [2.24, 2.45) is 26.7 Å². The molecule has 280 valence electrons. The Labute approximate surface area is 310 Å². The molecule has 0 spiro atoms. The normalized spacial score (nSPS) is 18.9. The van der Waals surface area contributed by atoms with Crippen molar-refractivity contribution >= 4 is 23.3 Å². The molecule has 1 aromatic heterocycles. The Bertz CT molecular complexity index is 1910. The van der Waals surface area contributed by atoms with Crippen molar-refractivity contribution in [3.05, 3.63) is 88.5 Å². The molecule has 0 fully saturated rings. The van der Waals surface area contributed by atoms with Gasteiger partial charge < -0.3 is 23.7 Å². The summed E-state index contributed by atoms with van der Waals surface area (Å²) >= 11 is 0. The lowest BCUT2D eigenvalue weighted by Gasteiger charge is -2.31. The second-order valence-electron chi connectivity index (χ2n) is 17.9. The maximum absolute atomic E-state index is 12.6. The number of carbonyl (C=O) groups excluding carboxylic acids is 1. The van der Waals surface area contributed by atoms with Gasteiger partial charge in [-0.3, -0.25) is 9.36 Å². The third-order valence-corrected chi connectivity index (χ3v) is 9.56. The van der Waals surface area contributed by atoms with E-state index in [1.54, 1.807) is 32.7 Å². The van der Waals surface area contributed by atoms with Gasteiger partial charge in [0.2, 0.25) is 5.90 Å². The van der Waals surface area contributed by atoms with Gasteiger partial charge in [-0.15, -0.1) is 0 Å². The van der Waals surface area contributed by atoms with Gasteiger partial charge in [-0.05, 0) is 60.1 Å². The molecule has 0 bridgehead atoms. The molecule has 9 heteroatoms. The first-order valence-electron chi connectivity index (χ1n) is 18.0.